The Labute approximate surface area is 72.1 Å². The predicted molar refractivity (Wildman–Crippen MR) is 51.3 cm³/mol. The van der Waals surface area contributed by atoms with Gasteiger partial charge in [-0.3, -0.25) is 4.99 Å². The molecule has 0 aromatic rings. The third kappa shape index (κ3) is 4.04. The van der Waals surface area contributed by atoms with Gasteiger partial charge in [-0.05, 0) is 34.6 Å². The minimum absolute atomic E-state index is 0.0528. The van der Waals surface area contributed by atoms with Gasteiger partial charge in [0.05, 0.1) is 4.32 Å². The molecule has 1 nitrogen and oxygen atoms in total. The van der Waals surface area contributed by atoms with Gasteiger partial charge in [-0.15, -0.1) is 0 Å². The molecule has 0 spiro atoms. The molecular formula is C8H16BrN. The van der Waals surface area contributed by atoms with Crippen molar-refractivity contribution >= 4 is 21.6 Å². The van der Waals surface area contributed by atoms with Gasteiger partial charge in [0, 0.05) is 11.8 Å². The molecule has 2 heteroatoms. The molecule has 10 heavy (non-hydrogen) atoms. The number of halogens is 1. The second kappa shape index (κ2) is 3.51. The predicted octanol–water partition coefficient (Wildman–Crippen LogP) is 3.03. The third-order valence-electron chi connectivity index (χ3n) is 1.31. The van der Waals surface area contributed by atoms with Gasteiger partial charge >= 0.3 is 0 Å². The Morgan fingerprint density at radius 3 is 1.90 bits per heavy atom. The van der Waals surface area contributed by atoms with E-state index in [0.717, 1.165) is 5.71 Å². The summed E-state index contributed by atoms with van der Waals surface area (Å²) >= 11 is 3.54. The van der Waals surface area contributed by atoms with Crippen LogP contribution in [0.15, 0.2) is 4.99 Å². The quantitative estimate of drug-likeness (QED) is 0.486. The summed E-state index contributed by atoms with van der Waals surface area (Å²) < 4.78 is 0.0528. The van der Waals surface area contributed by atoms with E-state index >= 15 is 0 Å². The molecule has 0 N–H and O–H groups in total. The molecule has 0 saturated heterocycles. The van der Waals surface area contributed by atoms with Gasteiger partial charge in [0.15, 0.2) is 0 Å². The smallest absolute Gasteiger partial charge is 0.0575 e. The second-order valence-corrected chi connectivity index (χ2v) is 5.26. The van der Waals surface area contributed by atoms with E-state index in [9.17, 15) is 0 Å². The van der Waals surface area contributed by atoms with Crippen molar-refractivity contribution in [3.05, 3.63) is 0 Å². The molecule has 0 aliphatic carbocycles. The summed E-state index contributed by atoms with van der Waals surface area (Å²) in [5.41, 5.74) is 1.16. The number of aliphatic imine (C=N–C) groups is 1. The highest BCUT2D eigenvalue weighted by atomic mass is 79.9. The summed E-state index contributed by atoms with van der Waals surface area (Å²) in [7, 11) is 0. The Bertz CT molecular complexity index is 131. The normalized spacial score (nSPS) is 14.5. The van der Waals surface area contributed by atoms with Crippen LogP contribution >= 0.6 is 15.9 Å². The molecule has 0 aliphatic rings. The van der Waals surface area contributed by atoms with Crippen molar-refractivity contribution in [2.24, 2.45) is 4.99 Å². The van der Waals surface area contributed by atoms with Gasteiger partial charge in [-0.25, -0.2) is 0 Å². The van der Waals surface area contributed by atoms with Crippen molar-refractivity contribution in [2.75, 3.05) is 0 Å². The van der Waals surface area contributed by atoms with E-state index in [1.54, 1.807) is 0 Å². The first-order valence-corrected chi connectivity index (χ1v) is 4.37. The maximum Gasteiger partial charge on any atom is 0.0575 e. The third-order valence-corrected chi connectivity index (χ3v) is 1.89. The summed E-state index contributed by atoms with van der Waals surface area (Å²) in [4.78, 5) is 4.42. The highest BCUT2D eigenvalue weighted by Gasteiger charge is 2.16. The fourth-order valence-electron chi connectivity index (χ4n) is 0.541. The van der Waals surface area contributed by atoms with Gasteiger partial charge in [-0.1, -0.05) is 15.9 Å². The van der Waals surface area contributed by atoms with E-state index in [0.29, 0.717) is 6.04 Å². The maximum absolute atomic E-state index is 4.42. The van der Waals surface area contributed by atoms with Crippen molar-refractivity contribution in [3.8, 4) is 0 Å². The van der Waals surface area contributed by atoms with Crippen LogP contribution in [0.2, 0.25) is 0 Å². The average molecular weight is 206 g/mol. The lowest BCUT2D eigenvalue weighted by molar-refractivity contribution is 0.814. The summed E-state index contributed by atoms with van der Waals surface area (Å²) in [6.07, 6.45) is 0. The SMILES string of the molecule is CC(=NC(C)C)C(C)(C)Br. The fraction of sp³-hybridized carbons (Fsp3) is 0.875. The highest BCUT2D eigenvalue weighted by Crippen LogP contribution is 2.18. The van der Waals surface area contributed by atoms with Crippen LogP contribution in [0, 0.1) is 0 Å². The number of rotatable bonds is 2. The van der Waals surface area contributed by atoms with Crippen LogP contribution in [0.25, 0.3) is 0 Å². The molecule has 0 atom stereocenters. The molecule has 0 aromatic heterocycles. The summed E-state index contributed by atoms with van der Waals surface area (Å²) in [6.45, 7) is 10.4. The lowest BCUT2D eigenvalue weighted by Crippen LogP contribution is -2.22. The van der Waals surface area contributed by atoms with Crippen LogP contribution in [0.1, 0.15) is 34.6 Å². The molecule has 0 aliphatic heterocycles. The van der Waals surface area contributed by atoms with Gasteiger partial charge in [0.2, 0.25) is 0 Å². The molecule has 0 rings (SSSR count). The van der Waals surface area contributed by atoms with Gasteiger partial charge in [0.1, 0.15) is 0 Å². The fourth-order valence-corrected chi connectivity index (χ4v) is 0.643. The molecule has 0 radical (unpaired) electrons. The van der Waals surface area contributed by atoms with Crippen LogP contribution < -0.4 is 0 Å². The van der Waals surface area contributed by atoms with Crippen molar-refractivity contribution in [2.45, 2.75) is 45.0 Å². The molecule has 60 valence electrons. The maximum atomic E-state index is 4.42. The number of hydrogen-bond acceptors (Lipinski definition) is 1. The molecule has 0 bridgehead atoms. The molecule has 0 fully saturated rings. The van der Waals surface area contributed by atoms with Crippen LogP contribution in [-0.4, -0.2) is 16.1 Å². The zero-order valence-electron chi connectivity index (χ0n) is 7.40. The van der Waals surface area contributed by atoms with Crippen LogP contribution in [0.3, 0.4) is 0 Å². The molecule has 0 aromatic carbocycles. The standard InChI is InChI=1S/C8H16BrN/c1-6(2)10-7(3)8(4,5)9/h6H,1-5H3. The molecular weight excluding hydrogens is 190 g/mol. The zero-order chi connectivity index (χ0) is 8.36. The molecule has 0 amide bonds. The lowest BCUT2D eigenvalue weighted by atomic mass is 10.1. The van der Waals surface area contributed by atoms with Gasteiger partial charge in [-0.2, -0.15) is 0 Å². The summed E-state index contributed by atoms with van der Waals surface area (Å²) in [5.74, 6) is 0. The van der Waals surface area contributed by atoms with Crippen molar-refractivity contribution in [1.82, 2.24) is 0 Å². The largest absolute Gasteiger partial charge is 0.290 e. The molecule has 0 saturated carbocycles. The van der Waals surface area contributed by atoms with E-state index in [2.05, 4.69) is 55.5 Å². The Morgan fingerprint density at radius 2 is 1.80 bits per heavy atom. The highest BCUT2D eigenvalue weighted by molar-refractivity contribution is 9.10. The van der Waals surface area contributed by atoms with E-state index < -0.39 is 0 Å². The Balaban J connectivity index is 4.20. The van der Waals surface area contributed by atoms with E-state index in [-0.39, 0.29) is 4.32 Å². The zero-order valence-corrected chi connectivity index (χ0v) is 8.99. The Morgan fingerprint density at radius 1 is 1.40 bits per heavy atom. The van der Waals surface area contributed by atoms with Crippen molar-refractivity contribution < 1.29 is 0 Å². The summed E-state index contributed by atoms with van der Waals surface area (Å²) in [6, 6.07) is 0.400. The van der Waals surface area contributed by atoms with E-state index in [4.69, 9.17) is 0 Å². The minimum atomic E-state index is 0.0528. The minimum Gasteiger partial charge on any atom is -0.290 e. The second-order valence-electron chi connectivity index (χ2n) is 3.28. The van der Waals surface area contributed by atoms with Crippen molar-refractivity contribution in [3.63, 3.8) is 0 Å². The molecule has 0 heterocycles. The van der Waals surface area contributed by atoms with E-state index in [1.807, 2.05) is 0 Å². The Hall–Kier alpha value is 0.150. The first-order valence-electron chi connectivity index (χ1n) is 3.58. The summed E-state index contributed by atoms with van der Waals surface area (Å²) in [5, 5.41) is 0. The topological polar surface area (TPSA) is 12.4 Å². The van der Waals surface area contributed by atoms with Crippen LogP contribution in [0.4, 0.5) is 0 Å². The number of nitrogens with zero attached hydrogens (tertiary/aromatic N) is 1. The van der Waals surface area contributed by atoms with Gasteiger partial charge < -0.3 is 0 Å². The van der Waals surface area contributed by atoms with Crippen LogP contribution in [0.5, 0.6) is 0 Å². The number of hydrogen-bond donors (Lipinski definition) is 0. The molecule has 0 unspecified atom stereocenters. The van der Waals surface area contributed by atoms with Gasteiger partial charge in [0.25, 0.3) is 0 Å². The first kappa shape index (κ1) is 10.2. The first-order chi connectivity index (χ1) is 4.34. The van der Waals surface area contributed by atoms with Crippen LogP contribution in [-0.2, 0) is 0 Å². The lowest BCUT2D eigenvalue weighted by Gasteiger charge is -2.16. The average Bonchev–Trinajstić information content (AvgIpc) is 1.60. The Kier molecular flexibility index (Phi) is 3.57. The van der Waals surface area contributed by atoms with E-state index in [1.165, 1.54) is 0 Å². The number of alkyl halides is 1. The monoisotopic (exact) mass is 205 g/mol. The van der Waals surface area contributed by atoms with Crippen molar-refractivity contribution in [1.29, 1.82) is 0 Å².